The average molecular weight is 616 g/mol. The van der Waals surface area contributed by atoms with Crippen LogP contribution in [-0.2, 0) is 0 Å². The number of benzene rings is 7. The van der Waals surface area contributed by atoms with Crippen LogP contribution < -0.4 is 5.56 Å². The highest BCUT2D eigenvalue weighted by Crippen LogP contribution is 2.35. The Labute approximate surface area is 277 Å². The summed E-state index contributed by atoms with van der Waals surface area (Å²) in [5, 5.41) is 2.95. The fourth-order valence-electron chi connectivity index (χ4n) is 6.85. The molecule has 0 atom stereocenters. The molecule has 9 aromatic rings. The molecule has 0 saturated carbocycles. The van der Waals surface area contributed by atoms with E-state index in [1.165, 1.54) is 16.3 Å². The van der Waals surface area contributed by atoms with Crippen molar-refractivity contribution in [3.05, 3.63) is 186 Å². The first-order valence-corrected chi connectivity index (χ1v) is 16.1. The zero-order valence-electron chi connectivity index (χ0n) is 26.0. The molecule has 2 aromatic heterocycles. The van der Waals surface area contributed by atoms with Gasteiger partial charge < -0.3 is 4.57 Å². The van der Waals surface area contributed by atoms with Gasteiger partial charge >= 0.3 is 0 Å². The first kappa shape index (κ1) is 27.8. The van der Waals surface area contributed by atoms with Gasteiger partial charge in [-0.2, -0.15) is 0 Å². The number of fused-ring (bicyclic) bond motifs is 4. The highest BCUT2D eigenvalue weighted by Gasteiger charge is 2.17. The Bertz CT molecular complexity index is 2670. The molecule has 0 aliphatic rings. The standard InChI is InChI=1S/C44H29N3O/c48-44-38-25-23-34(33-24-26-42-39(28-33)37-21-10-11-22-41(37)46(42)35-18-8-3-9-19-35)29-40(38)45-43(31-15-6-2-7-16-31)47(44)36-20-12-17-32(27-36)30-13-4-1-5-14-30/h1-29H. The van der Waals surface area contributed by atoms with E-state index >= 15 is 0 Å². The van der Waals surface area contributed by atoms with Gasteiger partial charge in [0.1, 0.15) is 5.82 Å². The predicted octanol–water partition coefficient (Wildman–Crippen LogP) is 10.5. The Kier molecular flexibility index (Phi) is 6.58. The van der Waals surface area contributed by atoms with E-state index in [2.05, 4.69) is 95.6 Å². The summed E-state index contributed by atoms with van der Waals surface area (Å²) >= 11 is 0. The van der Waals surface area contributed by atoms with E-state index in [-0.39, 0.29) is 5.56 Å². The largest absolute Gasteiger partial charge is 0.309 e. The van der Waals surface area contributed by atoms with Crippen LogP contribution in [0.5, 0.6) is 0 Å². The van der Waals surface area contributed by atoms with Crippen LogP contribution in [0.4, 0.5) is 0 Å². The van der Waals surface area contributed by atoms with Crippen LogP contribution >= 0.6 is 0 Å². The number of rotatable bonds is 5. The number of aromatic nitrogens is 3. The zero-order valence-corrected chi connectivity index (χ0v) is 26.0. The van der Waals surface area contributed by atoms with Crippen molar-refractivity contribution in [2.75, 3.05) is 0 Å². The maximum absolute atomic E-state index is 14.4. The quantitative estimate of drug-likeness (QED) is 0.193. The van der Waals surface area contributed by atoms with Crippen LogP contribution in [0.15, 0.2) is 181 Å². The Morgan fingerprint density at radius 1 is 0.375 bits per heavy atom. The van der Waals surface area contributed by atoms with Gasteiger partial charge in [-0.1, -0.05) is 121 Å². The molecule has 0 aliphatic heterocycles. The van der Waals surface area contributed by atoms with Gasteiger partial charge in [0.05, 0.1) is 27.6 Å². The molecule has 0 aliphatic carbocycles. The summed E-state index contributed by atoms with van der Waals surface area (Å²) in [6, 6.07) is 59.9. The molecule has 0 spiro atoms. The summed E-state index contributed by atoms with van der Waals surface area (Å²) < 4.78 is 4.06. The third-order valence-corrected chi connectivity index (χ3v) is 9.13. The molecular formula is C44H29N3O. The van der Waals surface area contributed by atoms with Gasteiger partial charge in [0, 0.05) is 22.0 Å². The number of para-hydroxylation sites is 2. The zero-order chi connectivity index (χ0) is 32.0. The fourth-order valence-corrected chi connectivity index (χ4v) is 6.85. The Hall–Kier alpha value is -6.52. The summed E-state index contributed by atoms with van der Waals surface area (Å²) in [5.74, 6) is 0.608. The molecule has 4 nitrogen and oxygen atoms in total. The second-order valence-corrected chi connectivity index (χ2v) is 12.0. The van der Waals surface area contributed by atoms with Gasteiger partial charge in [0.2, 0.25) is 0 Å². The molecular weight excluding hydrogens is 587 g/mol. The third-order valence-electron chi connectivity index (χ3n) is 9.13. The molecule has 0 amide bonds. The molecule has 0 radical (unpaired) electrons. The fraction of sp³-hybridized carbons (Fsp3) is 0. The lowest BCUT2D eigenvalue weighted by atomic mass is 10.0. The van der Waals surface area contributed by atoms with Crippen molar-refractivity contribution in [2.24, 2.45) is 0 Å². The molecule has 0 unspecified atom stereocenters. The second-order valence-electron chi connectivity index (χ2n) is 12.0. The van der Waals surface area contributed by atoms with Crippen molar-refractivity contribution in [3.8, 4) is 45.0 Å². The highest BCUT2D eigenvalue weighted by atomic mass is 16.1. The van der Waals surface area contributed by atoms with E-state index in [0.29, 0.717) is 16.7 Å². The van der Waals surface area contributed by atoms with Gasteiger partial charge in [-0.25, -0.2) is 4.98 Å². The maximum atomic E-state index is 14.4. The van der Waals surface area contributed by atoms with Crippen LogP contribution in [0.2, 0.25) is 0 Å². The van der Waals surface area contributed by atoms with E-state index in [0.717, 1.165) is 44.7 Å². The molecule has 226 valence electrons. The van der Waals surface area contributed by atoms with Crippen molar-refractivity contribution < 1.29 is 0 Å². The molecule has 0 saturated heterocycles. The van der Waals surface area contributed by atoms with Gasteiger partial charge in [-0.3, -0.25) is 9.36 Å². The lowest BCUT2D eigenvalue weighted by Crippen LogP contribution is -2.22. The molecule has 4 heteroatoms. The number of nitrogens with zero attached hydrogens (tertiary/aromatic N) is 3. The van der Waals surface area contributed by atoms with E-state index in [9.17, 15) is 4.79 Å². The molecule has 2 heterocycles. The molecule has 0 bridgehead atoms. The Morgan fingerprint density at radius 3 is 1.75 bits per heavy atom. The summed E-state index contributed by atoms with van der Waals surface area (Å²) in [6.07, 6.45) is 0. The summed E-state index contributed by atoms with van der Waals surface area (Å²) in [7, 11) is 0. The van der Waals surface area contributed by atoms with Crippen LogP contribution in [0.25, 0.3) is 77.7 Å². The van der Waals surface area contributed by atoms with E-state index < -0.39 is 0 Å². The van der Waals surface area contributed by atoms with E-state index in [1.807, 2.05) is 84.9 Å². The minimum Gasteiger partial charge on any atom is -0.309 e. The van der Waals surface area contributed by atoms with Gasteiger partial charge in [-0.15, -0.1) is 0 Å². The Balaban J connectivity index is 1.22. The molecule has 48 heavy (non-hydrogen) atoms. The molecule has 0 fully saturated rings. The van der Waals surface area contributed by atoms with Crippen molar-refractivity contribution in [1.29, 1.82) is 0 Å². The number of hydrogen-bond acceptors (Lipinski definition) is 2. The van der Waals surface area contributed by atoms with Crippen molar-refractivity contribution >= 4 is 32.7 Å². The molecule has 0 N–H and O–H groups in total. The second kappa shape index (κ2) is 11.4. The smallest absolute Gasteiger partial charge is 0.266 e. The molecule has 9 rings (SSSR count). The highest BCUT2D eigenvalue weighted by molar-refractivity contribution is 6.10. The summed E-state index contributed by atoms with van der Waals surface area (Å²) in [4.78, 5) is 19.6. The minimum atomic E-state index is -0.100. The van der Waals surface area contributed by atoms with Gasteiger partial charge in [0.25, 0.3) is 5.56 Å². The minimum absolute atomic E-state index is 0.100. The first-order chi connectivity index (χ1) is 23.7. The SMILES string of the molecule is O=c1c2ccc(-c3ccc4c(c3)c3ccccc3n4-c3ccccc3)cc2nc(-c2ccccc2)n1-c1cccc(-c2ccccc2)c1. The van der Waals surface area contributed by atoms with Gasteiger partial charge in [0.15, 0.2) is 0 Å². The maximum Gasteiger partial charge on any atom is 0.266 e. The third kappa shape index (κ3) is 4.62. The van der Waals surface area contributed by atoms with Crippen molar-refractivity contribution in [1.82, 2.24) is 14.1 Å². The summed E-state index contributed by atoms with van der Waals surface area (Å²) in [6.45, 7) is 0. The van der Waals surface area contributed by atoms with Crippen molar-refractivity contribution in [2.45, 2.75) is 0 Å². The first-order valence-electron chi connectivity index (χ1n) is 16.1. The predicted molar refractivity (Wildman–Crippen MR) is 198 cm³/mol. The lowest BCUT2D eigenvalue weighted by molar-refractivity contribution is 0.976. The average Bonchev–Trinajstić information content (AvgIpc) is 3.49. The van der Waals surface area contributed by atoms with Crippen LogP contribution in [-0.4, -0.2) is 14.1 Å². The van der Waals surface area contributed by atoms with Gasteiger partial charge in [-0.05, 0) is 76.9 Å². The lowest BCUT2D eigenvalue weighted by Gasteiger charge is -2.15. The molecule has 7 aromatic carbocycles. The van der Waals surface area contributed by atoms with Crippen LogP contribution in [0.3, 0.4) is 0 Å². The van der Waals surface area contributed by atoms with Crippen molar-refractivity contribution in [3.63, 3.8) is 0 Å². The van der Waals surface area contributed by atoms with E-state index in [1.54, 1.807) is 4.57 Å². The number of hydrogen-bond donors (Lipinski definition) is 0. The van der Waals surface area contributed by atoms with Crippen LogP contribution in [0.1, 0.15) is 0 Å². The summed E-state index contributed by atoms with van der Waals surface area (Å²) in [5.41, 5.74) is 9.88. The Morgan fingerprint density at radius 2 is 0.958 bits per heavy atom. The van der Waals surface area contributed by atoms with Crippen LogP contribution in [0, 0.1) is 0 Å². The van der Waals surface area contributed by atoms with E-state index in [4.69, 9.17) is 4.98 Å². The monoisotopic (exact) mass is 615 g/mol. The normalized spacial score (nSPS) is 11.4. The topological polar surface area (TPSA) is 39.8 Å².